The Hall–Kier alpha value is -3.58. The van der Waals surface area contributed by atoms with Gasteiger partial charge in [0.2, 0.25) is 0 Å². The predicted octanol–water partition coefficient (Wildman–Crippen LogP) is 3.27. The van der Waals surface area contributed by atoms with Crippen LogP contribution in [0.3, 0.4) is 0 Å². The standard InChI is InChI=1S/C25H25N3O4/c1-25(2)14-32-22(16-11-8-12-17(29)13-16)21-20-18(23(30)27(4)24(31)26(20)3)19(28(21)25)15-9-6-5-7-10-15/h5-13,22,29H,14H2,1-4H3/t22-/m1/s1. The fourth-order valence-electron chi connectivity index (χ4n) is 4.81. The van der Waals surface area contributed by atoms with Gasteiger partial charge in [0, 0.05) is 14.1 Å². The molecule has 7 heteroatoms. The molecule has 1 atom stereocenters. The van der Waals surface area contributed by atoms with Crippen LogP contribution < -0.4 is 11.2 Å². The van der Waals surface area contributed by atoms with E-state index in [-0.39, 0.29) is 11.3 Å². The van der Waals surface area contributed by atoms with Gasteiger partial charge in [-0.3, -0.25) is 13.9 Å². The number of nitrogens with zero attached hydrogens (tertiary/aromatic N) is 3. The molecule has 5 rings (SSSR count). The average molecular weight is 431 g/mol. The normalized spacial score (nSPS) is 17.4. The van der Waals surface area contributed by atoms with Crippen LogP contribution in [-0.4, -0.2) is 25.4 Å². The molecule has 0 spiro atoms. The number of rotatable bonds is 2. The summed E-state index contributed by atoms with van der Waals surface area (Å²) in [6.07, 6.45) is -0.548. The highest BCUT2D eigenvalue weighted by atomic mass is 16.5. The van der Waals surface area contributed by atoms with E-state index in [1.807, 2.05) is 36.4 Å². The molecular weight excluding hydrogens is 406 g/mol. The molecule has 4 aromatic rings. The third-order valence-electron chi connectivity index (χ3n) is 6.29. The van der Waals surface area contributed by atoms with E-state index in [1.54, 1.807) is 25.2 Å². The first-order valence-electron chi connectivity index (χ1n) is 10.5. The molecule has 32 heavy (non-hydrogen) atoms. The van der Waals surface area contributed by atoms with Crippen molar-refractivity contribution in [3.05, 3.63) is 86.7 Å². The van der Waals surface area contributed by atoms with Crippen molar-refractivity contribution in [2.75, 3.05) is 6.61 Å². The third-order valence-corrected chi connectivity index (χ3v) is 6.29. The fourth-order valence-corrected chi connectivity index (χ4v) is 4.81. The van der Waals surface area contributed by atoms with Crippen LogP contribution in [0.1, 0.15) is 31.2 Å². The molecule has 0 fully saturated rings. The predicted molar refractivity (Wildman–Crippen MR) is 123 cm³/mol. The SMILES string of the molecule is Cn1c(=O)c2c(-c3ccccc3)n3c(c2n(C)c1=O)[C@@H](c1cccc(O)c1)OCC3(C)C. The van der Waals surface area contributed by atoms with Gasteiger partial charge < -0.3 is 14.4 Å². The lowest BCUT2D eigenvalue weighted by Crippen LogP contribution is -2.40. The van der Waals surface area contributed by atoms with Crippen molar-refractivity contribution in [1.82, 2.24) is 13.7 Å². The van der Waals surface area contributed by atoms with E-state index in [0.29, 0.717) is 17.5 Å². The second-order valence-corrected chi connectivity index (χ2v) is 8.96. The average Bonchev–Trinajstić information content (AvgIpc) is 3.14. The van der Waals surface area contributed by atoms with Crippen LogP contribution >= 0.6 is 0 Å². The van der Waals surface area contributed by atoms with Crippen LogP contribution in [0.4, 0.5) is 0 Å². The number of aryl methyl sites for hydroxylation is 1. The van der Waals surface area contributed by atoms with E-state index in [0.717, 1.165) is 27.1 Å². The maximum absolute atomic E-state index is 13.5. The molecule has 0 saturated carbocycles. The molecule has 1 aliphatic rings. The molecule has 0 unspecified atom stereocenters. The number of fused-ring (bicyclic) bond motifs is 3. The van der Waals surface area contributed by atoms with Crippen LogP contribution in [0.5, 0.6) is 5.75 Å². The lowest BCUT2D eigenvalue weighted by Gasteiger charge is -2.39. The maximum atomic E-state index is 13.5. The minimum absolute atomic E-state index is 0.131. The minimum Gasteiger partial charge on any atom is -0.508 e. The third kappa shape index (κ3) is 2.78. The lowest BCUT2D eigenvalue weighted by atomic mass is 9.98. The van der Waals surface area contributed by atoms with E-state index in [2.05, 4.69) is 18.4 Å². The summed E-state index contributed by atoms with van der Waals surface area (Å²) in [6, 6.07) is 16.7. The monoisotopic (exact) mass is 431 g/mol. The Kier molecular flexibility index (Phi) is 4.43. The number of hydrogen-bond donors (Lipinski definition) is 1. The molecule has 0 saturated heterocycles. The van der Waals surface area contributed by atoms with Crippen molar-refractivity contribution in [2.45, 2.75) is 25.5 Å². The topological polar surface area (TPSA) is 78.4 Å². The first-order chi connectivity index (χ1) is 15.2. The number of ether oxygens (including phenoxy) is 1. The zero-order chi connectivity index (χ0) is 22.8. The van der Waals surface area contributed by atoms with Gasteiger partial charge in [-0.05, 0) is 37.1 Å². The smallest absolute Gasteiger partial charge is 0.331 e. The molecule has 3 heterocycles. The van der Waals surface area contributed by atoms with Crippen LogP contribution in [0.15, 0.2) is 64.2 Å². The number of benzene rings is 2. The highest BCUT2D eigenvalue weighted by Gasteiger charge is 2.40. The Labute approximate surface area is 184 Å². The van der Waals surface area contributed by atoms with E-state index in [9.17, 15) is 14.7 Å². The largest absolute Gasteiger partial charge is 0.508 e. The van der Waals surface area contributed by atoms with Gasteiger partial charge in [-0.1, -0.05) is 42.5 Å². The van der Waals surface area contributed by atoms with E-state index in [4.69, 9.17) is 4.74 Å². The summed E-state index contributed by atoms with van der Waals surface area (Å²) in [4.78, 5) is 26.4. The number of hydrogen-bond acceptors (Lipinski definition) is 4. The van der Waals surface area contributed by atoms with Crippen molar-refractivity contribution in [3.63, 3.8) is 0 Å². The molecule has 2 aromatic heterocycles. The van der Waals surface area contributed by atoms with E-state index in [1.165, 1.54) is 11.6 Å². The van der Waals surface area contributed by atoms with Crippen LogP contribution in [0.25, 0.3) is 22.2 Å². The first kappa shape index (κ1) is 20.3. The Bertz CT molecular complexity index is 1480. The van der Waals surface area contributed by atoms with Crippen LogP contribution in [0.2, 0.25) is 0 Å². The van der Waals surface area contributed by atoms with Gasteiger partial charge in [-0.15, -0.1) is 0 Å². The molecule has 0 amide bonds. The van der Waals surface area contributed by atoms with Crippen molar-refractivity contribution >= 4 is 10.9 Å². The molecule has 2 aromatic carbocycles. The molecule has 0 radical (unpaired) electrons. The Morgan fingerprint density at radius 2 is 1.72 bits per heavy atom. The van der Waals surface area contributed by atoms with Crippen molar-refractivity contribution < 1.29 is 9.84 Å². The van der Waals surface area contributed by atoms with Crippen LogP contribution in [0, 0.1) is 0 Å². The van der Waals surface area contributed by atoms with E-state index < -0.39 is 17.3 Å². The van der Waals surface area contributed by atoms with Gasteiger partial charge in [0.15, 0.2) is 0 Å². The molecule has 7 nitrogen and oxygen atoms in total. The van der Waals surface area contributed by atoms with Gasteiger partial charge in [-0.2, -0.15) is 0 Å². The molecule has 1 aliphatic heterocycles. The Balaban J connectivity index is 2.02. The number of aromatic nitrogens is 3. The second-order valence-electron chi connectivity index (χ2n) is 8.96. The summed E-state index contributed by atoms with van der Waals surface area (Å²) in [5.74, 6) is 0.131. The molecule has 1 N–H and O–H groups in total. The molecule has 164 valence electrons. The molecular formula is C25H25N3O4. The summed E-state index contributed by atoms with van der Waals surface area (Å²) in [5.41, 5.74) is 2.50. The van der Waals surface area contributed by atoms with Gasteiger partial charge >= 0.3 is 5.69 Å². The summed E-state index contributed by atoms with van der Waals surface area (Å²) < 4.78 is 11.1. The lowest BCUT2D eigenvalue weighted by molar-refractivity contribution is -0.00714. The van der Waals surface area contributed by atoms with Gasteiger partial charge in [0.25, 0.3) is 5.56 Å². The fraction of sp³-hybridized carbons (Fsp3) is 0.280. The van der Waals surface area contributed by atoms with Crippen molar-refractivity contribution in [1.29, 1.82) is 0 Å². The summed E-state index contributed by atoms with van der Waals surface area (Å²) in [6.45, 7) is 4.52. The Morgan fingerprint density at radius 3 is 2.41 bits per heavy atom. The first-order valence-corrected chi connectivity index (χ1v) is 10.5. The zero-order valence-electron chi connectivity index (χ0n) is 18.5. The number of aromatic hydroxyl groups is 1. The molecule has 0 bridgehead atoms. The summed E-state index contributed by atoms with van der Waals surface area (Å²) in [7, 11) is 3.19. The quantitative estimate of drug-likeness (QED) is 0.528. The Morgan fingerprint density at radius 1 is 1.00 bits per heavy atom. The van der Waals surface area contributed by atoms with Gasteiger partial charge in [0.1, 0.15) is 11.9 Å². The highest BCUT2D eigenvalue weighted by molar-refractivity contribution is 5.96. The van der Waals surface area contributed by atoms with Crippen molar-refractivity contribution in [3.8, 4) is 17.0 Å². The van der Waals surface area contributed by atoms with E-state index >= 15 is 0 Å². The summed E-state index contributed by atoms with van der Waals surface area (Å²) in [5, 5.41) is 10.6. The maximum Gasteiger partial charge on any atom is 0.331 e. The number of phenols is 1. The van der Waals surface area contributed by atoms with Crippen LogP contribution in [-0.2, 0) is 24.4 Å². The van der Waals surface area contributed by atoms with Crippen molar-refractivity contribution in [2.24, 2.45) is 14.1 Å². The zero-order valence-corrected chi connectivity index (χ0v) is 18.5. The van der Waals surface area contributed by atoms with Gasteiger partial charge in [-0.25, -0.2) is 4.79 Å². The minimum atomic E-state index is -0.548. The second kappa shape index (κ2) is 6.97. The number of phenolic OH excluding ortho intramolecular Hbond substituents is 1. The summed E-state index contributed by atoms with van der Waals surface area (Å²) >= 11 is 0. The molecule has 0 aliphatic carbocycles. The highest BCUT2D eigenvalue weighted by Crippen LogP contribution is 2.45. The van der Waals surface area contributed by atoms with Gasteiger partial charge in [0.05, 0.1) is 34.4 Å².